The average Bonchev–Trinajstić information content (AvgIpc) is 2.61. The average molecular weight is 277 g/mol. The molecule has 1 atom stereocenters. The molecule has 0 aliphatic heterocycles. The number of hydrogen-bond donors (Lipinski definition) is 1. The van der Waals surface area contributed by atoms with Crippen LogP contribution in [0.5, 0.6) is 0 Å². The molecule has 0 aliphatic rings. The summed E-state index contributed by atoms with van der Waals surface area (Å²) >= 11 is 11.9. The molecule has 0 aliphatic carbocycles. The van der Waals surface area contributed by atoms with Crippen LogP contribution in [0.25, 0.3) is 0 Å². The van der Waals surface area contributed by atoms with E-state index in [0.717, 1.165) is 0 Å². The van der Waals surface area contributed by atoms with Gasteiger partial charge in [0.05, 0.1) is 14.2 Å². The number of nitrogens with zero attached hydrogens (tertiary/aromatic N) is 1. The number of thiophene rings is 1. The van der Waals surface area contributed by atoms with Gasteiger partial charge in [-0.15, -0.1) is 11.3 Å². The third kappa shape index (κ3) is 3.43. The molecule has 1 unspecified atom stereocenters. The van der Waals surface area contributed by atoms with Crippen molar-refractivity contribution in [3.05, 3.63) is 21.3 Å². The fourth-order valence-corrected chi connectivity index (χ4v) is 2.50. The van der Waals surface area contributed by atoms with Gasteiger partial charge in [-0.1, -0.05) is 23.8 Å². The summed E-state index contributed by atoms with van der Waals surface area (Å²) in [5, 5.41) is 0. The van der Waals surface area contributed by atoms with Gasteiger partial charge < -0.3 is 10.6 Å². The van der Waals surface area contributed by atoms with Crippen LogP contribution in [0.3, 0.4) is 0 Å². The first kappa shape index (κ1) is 13.4. The molecule has 0 fully saturated rings. The van der Waals surface area contributed by atoms with Gasteiger partial charge in [-0.25, -0.2) is 0 Å². The zero-order chi connectivity index (χ0) is 12.3. The van der Waals surface area contributed by atoms with E-state index in [-0.39, 0.29) is 11.9 Å². The van der Waals surface area contributed by atoms with Crippen molar-refractivity contribution in [1.29, 1.82) is 0 Å². The SMILES string of the molecule is CC(CC(N)=S)N(C)C(=O)c1ccc(Cl)s1. The van der Waals surface area contributed by atoms with E-state index in [2.05, 4.69) is 0 Å². The highest BCUT2D eigenvalue weighted by Gasteiger charge is 2.19. The van der Waals surface area contributed by atoms with Crippen molar-refractivity contribution in [2.45, 2.75) is 19.4 Å². The van der Waals surface area contributed by atoms with Gasteiger partial charge >= 0.3 is 0 Å². The van der Waals surface area contributed by atoms with Gasteiger partial charge in [0.2, 0.25) is 0 Å². The Morgan fingerprint density at radius 1 is 1.69 bits per heavy atom. The summed E-state index contributed by atoms with van der Waals surface area (Å²) < 4.78 is 0.610. The predicted octanol–water partition coefficient (Wildman–Crippen LogP) is 2.54. The standard InChI is InChI=1S/C10H13ClN2OS2/c1-6(5-9(12)15)13(2)10(14)7-3-4-8(11)16-7/h3-4,6H,5H2,1-2H3,(H2,12,15). The second-order valence-electron chi connectivity index (χ2n) is 3.54. The fourth-order valence-electron chi connectivity index (χ4n) is 1.23. The first-order valence-corrected chi connectivity index (χ1v) is 6.33. The molecule has 1 heterocycles. The van der Waals surface area contributed by atoms with Gasteiger partial charge in [-0.05, 0) is 19.1 Å². The monoisotopic (exact) mass is 276 g/mol. The Morgan fingerprint density at radius 3 is 2.75 bits per heavy atom. The molecular formula is C10H13ClN2OS2. The van der Waals surface area contributed by atoms with Crippen molar-refractivity contribution in [2.24, 2.45) is 5.73 Å². The summed E-state index contributed by atoms with van der Waals surface area (Å²) in [6.45, 7) is 1.91. The van der Waals surface area contributed by atoms with E-state index in [1.165, 1.54) is 11.3 Å². The minimum atomic E-state index is -0.0550. The van der Waals surface area contributed by atoms with E-state index in [0.29, 0.717) is 20.6 Å². The summed E-state index contributed by atoms with van der Waals surface area (Å²) in [6, 6.07) is 3.43. The van der Waals surface area contributed by atoms with Gasteiger partial charge in [-0.3, -0.25) is 4.79 Å². The first-order valence-electron chi connectivity index (χ1n) is 4.72. The Balaban J connectivity index is 2.70. The van der Waals surface area contributed by atoms with Crippen LogP contribution >= 0.6 is 35.2 Å². The van der Waals surface area contributed by atoms with Gasteiger partial charge in [-0.2, -0.15) is 0 Å². The highest BCUT2D eigenvalue weighted by atomic mass is 35.5. The van der Waals surface area contributed by atoms with Crippen LogP contribution in [0.15, 0.2) is 12.1 Å². The lowest BCUT2D eigenvalue weighted by molar-refractivity contribution is 0.0753. The summed E-state index contributed by atoms with van der Waals surface area (Å²) in [4.78, 5) is 14.6. The molecule has 0 bridgehead atoms. The van der Waals surface area contributed by atoms with Gasteiger partial charge in [0.25, 0.3) is 5.91 Å². The van der Waals surface area contributed by atoms with E-state index < -0.39 is 0 Å². The molecule has 6 heteroatoms. The Bertz CT molecular complexity index is 405. The van der Waals surface area contributed by atoms with Crippen LogP contribution in [-0.4, -0.2) is 28.9 Å². The molecule has 0 saturated heterocycles. The highest BCUT2D eigenvalue weighted by molar-refractivity contribution is 7.80. The number of nitrogens with two attached hydrogens (primary N) is 1. The van der Waals surface area contributed by atoms with Crippen LogP contribution in [-0.2, 0) is 0 Å². The number of carbonyl (C=O) groups excluding carboxylic acids is 1. The van der Waals surface area contributed by atoms with Gasteiger partial charge in [0.15, 0.2) is 0 Å². The molecule has 88 valence electrons. The lowest BCUT2D eigenvalue weighted by Gasteiger charge is -2.23. The third-order valence-electron chi connectivity index (χ3n) is 2.26. The predicted molar refractivity (Wildman–Crippen MR) is 72.3 cm³/mol. The zero-order valence-electron chi connectivity index (χ0n) is 9.07. The quantitative estimate of drug-likeness (QED) is 0.860. The molecule has 0 spiro atoms. The maximum Gasteiger partial charge on any atom is 0.263 e. The molecule has 3 nitrogen and oxygen atoms in total. The molecule has 1 aromatic rings. The Morgan fingerprint density at radius 2 is 2.31 bits per heavy atom. The number of thiocarbonyl (C=S) groups is 1. The topological polar surface area (TPSA) is 46.3 Å². The second kappa shape index (κ2) is 5.61. The number of halogens is 1. The van der Waals surface area contributed by atoms with E-state index in [4.69, 9.17) is 29.6 Å². The molecule has 0 radical (unpaired) electrons. The lowest BCUT2D eigenvalue weighted by atomic mass is 10.2. The maximum absolute atomic E-state index is 12.0. The maximum atomic E-state index is 12.0. The molecule has 1 aromatic heterocycles. The van der Waals surface area contributed by atoms with Gasteiger partial charge in [0, 0.05) is 19.5 Å². The highest BCUT2D eigenvalue weighted by Crippen LogP contribution is 2.23. The summed E-state index contributed by atoms with van der Waals surface area (Å²) in [5.74, 6) is -0.0550. The van der Waals surface area contributed by atoms with E-state index >= 15 is 0 Å². The van der Waals surface area contributed by atoms with Crippen LogP contribution in [0.4, 0.5) is 0 Å². The summed E-state index contributed by atoms with van der Waals surface area (Å²) in [6.07, 6.45) is 0.524. The number of amides is 1. The van der Waals surface area contributed by atoms with Crippen molar-refractivity contribution in [3.8, 4) is 0 Å². The molecule has 0 saturated carbocycles. The summed E-state index contributed by atoms with van der Waals surface area (Å²) in [5.41, 5.74) is 5.45. The zero-order valence-corrected chi connectivity index (χ0v) is 11.5. The minimum Gasteiger partial charge on any atom is -0.393 e. The number of hydrogen-bond acceptors (Lipinski definition) is 3. The van der Waals surface area contributed by atoms with E-state index in [1.54, 1.807) is 24.1 Å². The largest absolute Gasteiger partial charge is 0.393 e. The van der Waals surface area contributed by atoms with Crippen molar-refractivity contribution in [3.63, 3.8) is 0 Å². The van der Waals surface area contributed by atoms with Gasteiger partial charge in [0.1, 0.15) is 0 Å². The normalized spacial score (nSPS) is 12.2. The van der Waals surface area contributed by atoms with Crippen LogP contribution in [0.2, 0.25) is 4.34 Å². The van der Waals surface area contributed by atoms with Crippen molar-refractivity contribution in [2.75, 3.05) is 7.05 Å². The second-order valence-corrected chi connectivity index (χ2v) is 5.78. The molecule has 0 aromatic carbocycles. The molecule has 1 rings (SSSR count). The Hall–Kier alpha value is -0.650. The molecule has 16 heavy (non-hydrogen) atoms. The van der Waals surface area contributed by atoms with E-state index in [1.807, 2.05) is 6.92 Å². The number of carbonyl (C=O) groups is 1. The van der Waals surface area contributed by atoms with Crippen molar-refractivity contribution in [1.82, 2.24) is 4.90 Å². The van der Waals surface area contributed by atoms with Crippen LogP contribution < -0.4 is 5.73 Å². The fraction of sp³-hybridized carbons (Fsp3) is 0.400. The Kier molecular flexibility index (Phi) is 4.70. The third-order valence-corrected chi connectivity index (χ3v) is 3.65. The smallest absolute Gasteiger partial charge is 0.263 e. The van der Waals surface area contributed by atoms with Crippen LogP contribution in [0, 0.1) is 0 Å². The van der Waals surface area contributed by atoms with Crippen molar-refractivity contribution < 1.29 is 4.79 Å². The Labute approximate surface area is 109 Å². The summed E-state index contributed by atoms with van der Waals surface area (Å²) in [7, 11) is 1.74. The minimum absolute atomic E-state index is 0.00845. The lowest BCUT2D eigenvalue weighted by Crippen LogP contribution is -2.37. The molecular weight excluding hydrogens is 264 g/mol. The molecule has 1 amide bonds. The van der Waals surface area contributed by atoms with E-state index in [9.17, 15) is 4.79 Å². The number of rotatable bonds is 4. The first-order chi connectivity index (χ1) is 7.41. The van der Waals surface area contributed by atoms with Crippen molar-refractivity contribution >= 4 is 46.1 Å². The van der Waals surface area contributed by atoms with Crippen LogP contribution in [0.1, 0.15) is 23.0 Å². The molecule has 2 N–H and O–H groups in total.